The molecule has 0 amide bonds. The number of ether oxygens (including phenoxy) is 2. The van der Waals surface area contributed by atoms with Crippen molar-refractivity contribution in [1.82, 2.24) is 0 Å². The van der Waals surface area contributed by atoms with Gasteiger partial charge in [0.05, 0.1) is 7.11 Å². The van der Waals surface area contributed by atoms with Gasteiger partial charge in [0.1, 0.15) is 9.49 Å². The maximum absolute atomic E-state index is 13.4. The number of rotatable bonds is 4. The van der Waals surface area contributed by atoms with Crippen LogP contribution < -0.4 is 4.74 Å². The molecule has 1 aromatic carbocycles. The summed E-state index contributed by atoms with van der Waals surface area (Å²) in [5.74, 6) is 2.21. The molecule has 0 radical (unpaired) electrons. The third-order valence-corrected chi connectivity index (χ3v) is 9.09. The molecule has 30 heavy (non-hydrogen) atoms. The smallest absolute Gasteiger partial charge is 0.303 e. The summed E-state index contributed by atoms with van der Waals surface area (Å²) < 4.78 is 10.9. The van der Waals surface area contributed by atoms with E-state index in [1.54, 1.807) is 7.11 Å². The summed E-state index contributed by atoms with van der Waals surface area (Å²) in [6.45, 7) is 5.92. The Hall–Kier alpha value is -0.880. The van der Waals surface area contributed by atoms with Gasteiger partial charge in [0, 0.05) is 12.3 Å². The second-order valence-corrected chi connectivity index (χ2v) is 12.7. The van der Waals surface area contributed by atoms with Crippen molar-refractivity contribution in [2.45, 2.75) is 68.1 Å². The maximum atomic E-state index is 13.4. The molecule has 0 bridgehead atoms. The predicted molar refractivity (Wildman–Crippen MR) is 123 cm³/mol. The van der Waals surface area contributed by atoms with E-state index in [1.807, 2.05) is 0 Å². The van der Waals surface area contributed by atoms with Gasteiger partial charge >= 0.3 is 5.97 Å². The molecule has 0 spiro atoms. The molecule has 0 saturated heterocycles. The molecule has 1 aromatic rings. The van der Waals surface area contributed by atoms with E-state index < -0.39 is 9.34 Å². The lowest BCUT2D eigenvalue weighted by Crippen LogP contribution is -2.59. The molecule has 3 aliphatic rings. The lowest BCUT2D eigenvalue weighted by molar-refractivity contribution is -0.186. The maximum Gasteiger partial charge on any atom is 0.303 e. The minimum atomic E-state index is -1.07. The van der Waals surface area contributed by atoms with E-state index in [-0.39, 0.29) is 17.2 Å². The highest BCUT2D eigenvalue weighted by atomic mass is 79.9. The summed E-state index contributed by atoms with van der Waals surface area (Å²) in [4.78, 5) is 25.5. The fourth-order valence-electron chi connectivity index (χ4n) is 7.27. The van der Waals surface area contributed by atoms with Crippen LogP contribution in [0, 0.1) is 23.2 Å². The number of halogens is 2. The average Bonchev–Trinajstić information content (AvgIpc) is 2.98. The van der Waals surface area contributed by atoms with Crippen LogP contribution >= 0.6 is 31.9 Å². The Labute approximate surface area is 195 Å². The summed E-state index contributed by atoms with van der Waals surface area (Å²) in [7, 11) is 1.72. The third kappa shape index (κ3) is 3.19. The summed E-state index contributed by atoms with van der Waals surface area (Å²) in [5, 5.41) is 0. The fourth-order valence-corrected chi connectivity index (χ4v) is 8.01. The van der Waals surface area contributed by atoms with E-state index >= 15 is 0 Å². The van der Waals surface area contributed by atoms with E-state index in [0.29, 0.717) is 30.1 Å². The molecule has 0 heterocycles. The summed E-state index contributed by atoms with van der Waals surface area (Å²) in [6, 6.07) is 6.51. The lowest BCUT2D eigenvalue weighted by atomic mass is 9.50. The molecule has 164 valence electrons. The molecule has 4 rings (SSSR count). The molecule has 2 saturated carbocycles. The summed E-state index contributed by atoms with van der Waals surface area (Å²) in [6.07, 6.45) is 4.52. The van der Waals surface area contributed by atoms with Crippen LogP contribution in [-0.2, 0) is 20.7 Å². The number of carbonyl (C=O) groups excluding carboxylic acids is 2. The minimum absolute atomic E-state index is 0.0608. The van der Waals surface area contributed by atoms with Crippen molar-refractivity contribution >= 4 is 43.6 Å². The quantitative estimate of drug-likeness (QED) is 0.358. The van der Waals surface area contributed by atoms with Gasteiger partial charge in [-0.25, -0.2) is 0 Å². The van der Waals surface area contributed by atoms with Crippen molar-refractivity contribution < 1.29 is 19.1 Å². The van der Waals surface area contributed by atoms with Crippen LogP contribution in [0.15, 0.2) is 18.2 Å². The number of methoxy groups -OCH3 is 1. The van der Waals surface area contributed by atoms with E-state index in [4.69, 9.17) is 9.47 Å². The molecule has 2 fully saturated rings. The van der Waals surface area contributed by atoms with Crippen molar-refractivity contribution in [3.8, 4) is 5.75 Å². The average molecular weight is 542 g/mol. The molecule has 0 aromatic heterocycles. The first kappa shape index (κ1) is 22.3. The highest BCUT2D eigenvalue weighted by Gasteiger charge is 2.68. The molecular weight excluding hydrogens is 512 g/mol. The van der Waals surface area contributed by atoms with Gasteiger partial charge in [0.2, 0.25) is 5.78 Å². The van der Waals surface area contributed by atoms with Gasteiger partial charge in [-0.2, -0.15) is 0 Å². The number of aryl methyl sites for hydroxylation is 1. The van der Waals surface area contributed by atoms with Crippen molar-refractivity contribution in [2.75, 3.05) is 7.11 Å². The summed E-state index contributed by atoms with van der Waals surface area (Å²) in [5.41, 5.74) is 1.41. The highest BCUT2D eigenvalue weighted by Crippen LogP contribution is 2.67. The number of Topliss-reactive ketones (excluding diaryl/α,β-unsaturated/α-hetero) is 1. The Balaban J connectivity index is 1.76. The number of esters is 1. The van der Waals surface area contributed by atoms with Gasteiger partial charge in [-0.15, -0.1) is 0 Å². The molecule has 6 atom stereocenters. The molecular formula is C24H30Br2O4. The predicted octanol–water partition coefficient (Wildman–Crippen LogP) is 5.78. The Bertz CT molecular complexity index is 869. The fraction of sp³-hybridized carbons (Fsp3) is 0.667. The molecule has 3 aliphatic carbocycles. The van der Waals surface area contributed by atoms with Crippen LogP contribution in [0.2, 0.25) is 0 Å². The zero-order valence-electron chi connectivity index (χ0n) is 18.0. The SMILES string of the molecule is COc1ccc2c(c1)CC[C@H]1[C@H]2[C@H](C)C[C@@]2(C)[C@H]1CC[C@@]2(OC(C)=O)C(=O)C(Br)Br. The number of benzene rings is 1. The second kappa shape index (κ2) is 7.91. The van der Waals surface area contributed by atoms with Gasteiger partial charge in [-0.1, -0.05) is 51.8 Å². The van der Waals surface area contributed by atoms with E-state index in [0.717, 1.165) is 31.4 Å². The van der Waals surface area contributed by atoms with Crippen LogP contribution in [0.5, 0.6) is 5.75 Å². The first-order chi connectivity index (χ1) is 14.1. The number of hydrogen-bond acceptors (Lipinski definition) is 4. The number of hydrogen-bond donors (Lipinski definition) is 0. The van der Waals surface area contributed by atoms with E-state index in [1.165, 1.54) is 18.1 Å². The van der Waals surface area contributed by atoms with Gasteiger partial charge in [0.25, 0.3) is 0 Å². The zero-order valence-corrected chi connectivity index (χ0v) is 21.2. The lowest BCUT2D eigenvalue weighted by Gasteiger charge is -2.56. The van der Waals surface area contributed by atoms with Gasteiger partial charge in [-0.05, 0) is 79.0 Å². The Morgan fingerprint density at radius 3 is 2.60 bits per heavy atom. The second-order valence-electron chi connectivity index (χ2n) is 9.62. The Morgan fingerprint density at radius 1 is 1.23 bits per heavy atom. The number of fused-ring (bicyclic) bond motifs is 5. The molecule has 0 N–H and O–H groups in total. The van der Waals surface area contributed by atoms with Gasteiger partial charge < -0.3 is 9.47 Å². The number of ketones is 1. The number of carbonyl (C=O) groups is 2. The molecule has 0 aliphatic heterocycles. The normalized spacial score (nSPS) is 37.2. The summed E-state index contributed by atoms with van der Waals surface area (Å²) >= 11 is 6.80. The van der Waals surface area contributed by atoms with E-state index in [9.17, 15) is 9.59 Å². The van der Waals surface area contributed by atoms with Crippen molar-refractivity contribution in [1.29, 1.82) is 0 Å². The van der Waals surface area contributed by atoms with Crippen molar-refractivity contribution in [2.24, 2.45) is 23.2 Å². The van der Waals surface area contributed by atoms with E-state index in [2.05, 4.69) is 63.9 Å². The molecule has 0 unspecified atom stereocenters. The van der Waals surface area contributed by atoms with Gasteiger partial charge in [0.15, 0.2) is 5.60 Å². The van der Waals surface area contributed by atoms with Crippen molar-refractivity contribution in [3.63, 3.8) is 0 Å². The largest absolute Gasteiger partial charge is 0.497 e. The van der Waals surface area contributed by atoms with Crippen molar-refractivity contribution in [3.05, 3.63) is 29.3 Å². The van der Waals surface area contributed by atoms with Crippen LogP contribution in [0.1, 0.15) is 63.5 Å². The standard InChI is InChI=1S/C24H30Br2O4/c1-13-12-23(3)19(9-10-24(23,30-14(2)27)21(28)22(25)26)18-7-5-15-11-16(29-4)6-8-17(15)20(13)18/h6,8,11,13,18-20,22H,5,7,9-10,12H2,1-4H3/t13-,18-,19+,20+,23+,24-/m1/s1. The Kier molecular flexibility index (Phi) is 5.89. The molecule has 6 heteroatoms. The minimum Gasteiger partial charge on any atom is -0.497 e. The molecule has 4 nitrogen and oxygen atoms in total. The zero-order chi connectivity index (χ0) is 21.8. The van der Waals surface area contributed by atoms with Crippen LogP contribution in [0.3, 0.4) is 0 Å². The van der Waals surface area contributed by atoms with Crippen LogP contribution in [-0.4, -0.2) is 28.2 Å². The third-order valence-electron chi connectivity index (χ3n) is 8.26. The first-order valence-electron chi connectivity index (χ1n) is 10.8. The van der Waals surface area contributed by atoms with Gasteiger partial charge in [-0.3, -0.25) is 9.59 Å². The van der Waals surface area contributed by atoms with Crippen LogP contribution in [0.25, 0.3) is 0 Å². The topological polar surface area (TPSA) is 52.6 Å². The monoisotopic (exact) mass is 540 g/mol. The van der Waals surface area contributed by atoms with Crippen LogP contribution in [0.4, 0.5) is 0 Å². The Morgan fingerprint density at radius 2 is 1.97 bits per heavy atom. The highest BCUT2D eigenvalue weighted by molar-refractivity contribution is 9.25. The number of alkyl halides is 2. The first-order valence-corrected chi connectivity index (χ1v) is 12.7.